The smallest absolute Gasteiger partial charge is 0.313 e. The molecule has 28 heavy (non-hydrogen) atoms. The van der Waals surface area contributed by atoms with Crippen molar-refractivity contribution in [2.45, 2.75) is 26.7 Å². The molecule has 0 fully saturated rings. The molecule has 2 aromatic heterocycles. The van der Waals surface area contributed by atoms with E-state index in [4.69, 9.17) is 9.52 Å². The molecular weight excluding hydrogens is 374 g/mol. The van der Waals surface area contributed by atoms with E-state index in [-0.39, 0.29) is 5.75 Å². The van der Waals surface area contributed by atoms with Gasteiger partial charge < -0.3 is 14.1 Å². The molecule has 7 heteroatoms. The first kappa shape index (κ1) is 19.9. The highest BCUT2D eigenvalue weighted by atomic mass is 32.2. The third-order valence-corrected chi connectivity index (χ3v) is 5.30. The SMILES string of the molecule is CCCC(=NN=C(C)c1ccc(-c2cccc3c2ccn3C)o1)SCC(=O)O. The Morgan fingerprint density at radius 3 is 2.79 bits per heavy atom. The predicted octanol–water partition coefficient (Wildman–Crippen LogP) is 5.18. The van der Waals surface area contributed by atoms with Gasteiger partial charge in [0.05, 0.1) is 10.8 Å². The summed E-state index contributed by atoms with van der Waals surface area (Å²) in [5, 5.41) is 19.2. The Morgan fingerprint density at radius 2 is 2.04 bits per heavy atom. The standard InChI is InChI=1S/C21H23N3O3S/c1-4-6-20(28-13-21(25)26)23-22-14(2)18-9-10-19(27-18)16-7-5-8-17-15(16)11-12-24(17)3/h5,7-12H,4,6,13H2,1-3H3,(H,25,26). The molecule has 3 rings (SSSR count). The number of aromatic nitrogens is 1. The van der Waals surface area contributed by atoms with E-state index in [1.807, 2.05) is 51.4 Å². The summed E-state index contributed by atoms with van der Waals surface area (Å²) in [6.45, 7) is 3.86. The molecule has 0 bridgehead atoms. The highest BCUT2D eigenvalue weighted by Gasteiger charge is 2.12. The van der Waals surface area contributed by atoms with Crippen LogP contribution in [-0.4, -0.2) is 32.2 Å². The highest BCUT2D eigenvalue weighted by Crippen LogP contribution is 2.30. The average Bonchev–Trinajstić information content (AvgIpc) is 3.31. The van der Waals surface area contributed by atoms with Crippen LogP contribution in [-0.2, 0) is 11.8 Å². The Balaban J connectivity index is 1.84. The zero-order valence-corrected chi connectivity index (χ0v) is 17.0. The Hall–Kier alpha value is -2.80. The molecule has 0 saturated heterocycles. The summed E-state index contributed by atoms with van der Waals surface area (Å²) in [7, 11) is 2.02. The molecule has 0 radical (unpaired) electrons. The van der Waals surface area contributed by atoms with Crippen molar-refractivity contribution in [2.24, 2.45) is 17.3 Å². The fourth-order valence-corrected chi connectivity index (χ4v) is 3.62. The first-order valence-corrected chi connectivity index (χ1v) is 10.1. The van der Waals surface area contributed by atoms with Crippen molar-refractivity contribution < 1.29 is 14.3 Å². The number of benzene rings is 1. The minimum atomic E-state index is -0.861. The summed E-state index contributed by atoms with van der Waals surface area (Å²) in [4.78, 5) is 10.8. The molecule has 0 atom stereocenters. The second-order valence-electron chi connectivity index (χ2n) is 6.44. The van der Waals surface area contributed by atoms with Gasteiger partial charge in [0, 0.05) is 29.7 Å². The van der Waals surface area contributed by atoms with Gasteiger partial charge in [0.25, 0.3) is 0 Å². The van der Waals surface area contributed by atoms with Crippen molar-refractivity contribution in [3.63, 3.8) is 0 Å². The third kappa shape index (κ3) is 4.54. The number of aliphatic carboxylic acids is 1. The highest BCUT2D eigenvalue weighted by molar-refractivity contribution is 8.14. The van der Waals surface area contributed by atoms with Gasteiger partial charge in [-0.3, -0.25) is 4.79 Å². The predicted molar refractivity (Wildman–Crippen MR) is 115 cm³/mol. The zero-order chi connectivity index (χ0) is 20.1. The second kappa shape index (κ2) is 8.93. The molecule has 0 amide bonds. The van der Waals surface area contributed by atoms with Gasteiger partial charge in [-0.15, -0.1) is 5.10 Å². The zero-order valence-electron chi connectivity index (χ0n) is 16.2. The maximum Gasteiger partial charge on any atom is 0.313 e. The molecule has 3 aromatic rings. The summed E-state index contributed by atoms with van der Waals surface area (Å²) in [5.74, 6) is 0.546. The number of hydrogen-bond donors (Lipinski definition) is 1. The molecule has 0 aliphatic rings. The third-order valence-electron chi connectivity index (χ3n) is 4.29. The van der Waals surface area contributed by atoms with Gasteiger partial charge in [0.2, 0.25) is 0 Å². The lowest BCUT2D eigenvalue weighted by molar-refractivity contribution is -0.133. The number of thioether (sulfide) groups is 1. The van der Waals surface area contributed by atoms with Crippen LogP contribution in [0.5, 0.6) is 0 Å². The first-order chi connectivity index (χ1) is 13.5. The first-order valence-electron chi connectivity index (χ1n) is 9.10. The van der Waals surface area contributed by atoms with E-state index in [0.29, 0.717) is 22.9 Å². The number of carbonyl (C=O) groups is 1. The van der Waals surface area contributed by atoms with Crippen LogP contribution in [0.25, 0.3) is 22.2 Å². The molecular formula is C21H23N3O3S. The van der Waals surface area contributed by atoms with Crippen LogP contribution >= 0.6 is 11.8 Å². The number of furan rings is 1. The Labute approximate surface area is 168 Å². The molecule has 0 spiro atoms. The molecule has 0 unspecified atom stereocenters. The van der Waals surface area contributed by atoms with E-state index >= 15 is 0 Å². The summed E-state index contributed by atoms with van der Waals surface area (Å²) in [6, 6.07) is 12.0. The van der Waals surface area contributed by atoms with Crippen molar-refractivity contribution >= 4 is 39.4 Å². The fourth-order valence-electron chi connectivity index (χ4n) is 2.88. The average molecular weight is 398 g/mol. The van der Waals surface area contributed by atoms with Crippen LogP contribution < -0.4 is 0 Å². The maximum atomic E-state index is 10.8. The minimum Gasteiger partial charge on any atom is -0.481 e. The molecule has 0 aliphatic heterocycles. The fraction of sp³-hybridized carbons (Fsp3) is 0.286. The van der Waals surface area contributed by atoms with E-state index in [2.05, 4.69) is 26.9 Å². The normalized spacial score (nSPS) is 12.7. The van der Waals surface area contributed by atoms with Gasteiger partial charge in [0.15, 0.2) is 5.76 Å². The number of fused-ring (bicyclic) bond motifs is 1. The number of carboxylic acid groups (broad SMARTS) is 1. The summed E-state index contributed by atoms with van der Waals surface area (Å²) in [5.41, 5.74) is 2.82. The molecule has 1 aromatic carbocycles. The van der Waals surface area contributed by atoms with Crippen LogP contribution in [0.3, 0.4) is 0 Å². The largest absolute Gasteiger partial charge is 0.481 e. The van der Waals surface area contributed by atoms with E-state index in [1.54, 1.807) is 0 Å². The molecule has 2 heterocycles. The van der Waals surface area contributed by atoms with Crippen LogP contribution in [0, 0.1) is 0 Å². The maximum absolute atomic E-state index is 10.8. The topological polar surface area (TPSA) is 80.1 Å². The van der Waals surface area contributed by atoms with Crippen LogP contribution in [0.15, 0.2) is 57.2 Å². The van der Waals surface area contributed by atoms with Gasteiger partial charge >= 0.3 is 5.97 Å². The van der Waals surface area contributed by atoms with Crippen molar-refractivity contribution in [2.75, 3.05) is 5.75 Å². The van der Waals surface area contributed by atoms with E-state index in [9.17, 15) is 4.79 Å². The van der Waals surface area contributed by atoms with Crippen molar-refractivity contribution in [1.82, 2.24) is 4.57 Å². The summed E-state index contributed by atoms with van der Waals surface area (Å²) < 4.78 is 8.11. The van der Waals surface area contributed by atoms with Gasteiger partial charge in [-0.1, -0.05) is 30.8 Å². The van der Waals surface area contributed by atoms with Gasteiger partial charge in [-0.25, -0.2) is 0 Å². The molecule has 1 N–H and O–H groups in total. The number of hydrogen-bond acceptors (Lipinski definition) is 5. The lowest BCUT2D eigenvalue weighted by Gasteiger charge is -2.02. The van der Waals surface area contributed by atoms with Gasteiger partial charge in [0.1, 0.15) is 11.5 Å². The number of carboxylic acids is 1. The van der Waals surface area contributed by atoms with Crippen molar-refractivity contribution in [3.05, 3.63) is 48.4 Å². The van der Waals surface area contributed by atoms with Crippen molar-refractivity contribution in [3.8, 4) is 11.3 Å². The quantitative estimate of drug-likeness (QED) is 0.338. The molecule has 0 saturated carbocycles. The van der Waals surface area contributed by atoms with Crippen LogP contribution in [0.4, 0.5) is 0 Å². The molecule has 0 aliphatic carbocycles. The van der Waals surface area contributed by atoms with E-state index in [0.717, 1.165) is 28.6 Å². The van der Waals surface area contributed by atoms with Crippen LogP contribution in [0.2, 0.25) is 0 Å². The van der Waals surface area contributed by atoms with E-state index in [1.165, 1.54) is 11.8 Å². The molecule has 146 valence electrons. The molecule has 6 nitrogen and oxygen atoms in total. The van der Waals surface area contributed by atoms with Crippen LogP contribution in [0.1, 0.15) is 32.4 Å². The summed E-state index contributed by atoms with van der Waals surface area (Å²) in [6.07, 6.45) is 3.61. The number of rotatable bonds is 7. The Morgan fingerprint density at radius 1 is 1.21 bits per heavy atom. The summed E-state index contributed by atoms with van der Waals surface area (Å²) >= 11 is 1.21. The van der Waals surface area contributed by atoms with Gasteiger partial charge in [-0.2, -0.15) is 5.10 Å². The minimum absolute atomic E-state index is 0.0145. The van der Waals surface area contributed by atoms with Crippen molar-refractivity contribution in [1.29, 1.82) is 0 Å². The Bertz CT molecular complexity index is 1050. The Kier molecular flexibility index (Phi) is 6.36. The monoisotopic (exact) mass is 397 g/mol. The number of aryl methyl sites for hydroxylation is 1. The lowest BCUT2D eigenvalue weighted by atomic mass is 10.1. The second-order valence-corrected chi connectivity index (χ2v) is 7.49. The number of nitrogens with zero attached hydrogens (tertiary/aromatic N) is 3. The van der Waals surface area contributed by atoms with E-state index < -0.39 is 5.97 Å². The lowest BCUT2D eigenvalue weighted by Crippen LogP contribution is -2.02. The van der Waals surface area contributed by atoms with Gasteiger partial charge in [-0.05, 0) is 44.0 Å².